The Morgan fingerprint density at radius 3 is 2.67 bits per heavy atom. The van der Waals surface area contributed by atoms with Crippen LogP contribution in [0.15, 0.2) is 18.3 Å². The summed E-state index contributed by atoms with van der Waals surface area (Å²) in [5.41, 5.74) is 5.85. The van der Waals surface area contributed by atoms with Crippen molar-refractivity contribution in [3.63, 3.8) is 0 Å². The molecule has 0 aliphatic heterocycles. The summed E-state index contributed by atoms with van der Waals surface area (Å²) in [6.45, 7) is 1.82. The molecular formula is C9H12BrF2N3. The number of hydrogen-bond acceptors (Lipinski definition) is 3. The van der Waals surface area contributed by atoms with E-state index in [2.05, 4.69) is 26.2 Å². The Hall–Kier alpha value is -0.590. The van der Waals surface area contributed by atoms with E-state index < -0.39 is 4.83 Å². The van der Waals surface area contributed by atoms with E-state index in [0.717, 1.165) is 5.56 Å². The number of pyridine rings is 1. The van der Waals surface area contributed by atoms with E-state index >= 15 is 0 Å². The number of hydrogen-bond donors (Lipinski definition) is 2. The predicted octanol–water partition coefficient (Wildman–Crippen LogP) is 1.57. The Bertz CT molecular complexity index is 297. The Balaban J connectivity index is 2.57. The first-order valence-electron chi connectivity index (χ1n) is 4.47. The molecule has 6 heteroatoms. The van der Waals surface area contributed by atoms with Gasteiger partial charge in [-0.05, 0) is 27.6 Å². The molecule has 15 heavy (non-hydrogen) atoms. The van der Waals surface area contributed by atoms with Crippen LogP contribution in [-0.2, 0) is 11.4 Å². The van der Waals surface area contributed by atoms with Gasteiger partial charge in [0.25, 0.3) is 0 Å². The van der Waals surface area contributed by atoms with Gasteiger partial charge >= 0.3 is 4.83 Å². The Kier molecular flexibility index (Phi) is 4.56. The summed E-state index contributed by atoms with van der Waals surface area (Å²) >= 11 is 2.25. The van der Waals surface area contributed by atoms with Crippen LogP contribution in [-0.4, -0.2) is 18.1 Å². The second-order valence-electron chi connectivity index (χ2n) is 3.01. The van der Waals surface area contributed by atoms with E-state index in [9.17, 15) is 8.78 Å². The molecule has 0 atom stereocenters. The average molecular weight is 280 g/mol. The first kappa shape index (κ1) is 12.5. The normalized spacial score (nSPS) is 11.7. The van der Waals surface area contributed by atoms with Crippen molar-refractivity contribution in [1.29, 1.82) is 0 Å². The highest BCUT2D eigenvalue weighted by Crippen LogP contribution is 2.32. The predicted molar refractivity (Wildman–Crippen MR) is 57.8 cm³/mol. The van der Waals surface area contributed by atoms with Gasteiger partial charge in [-0.15, -0.1) is 0 Å². The molecule has 1 aromatic rings. The lowest BCUT2D eigenvalue weighted by Gasteiger charge is -2.08. The number of nitrogens with two attached hydrogens (primary N) is 1. The molecule has 1 aromatic heterocycles. The minimum absolute atomic E-state index is 0.287. The zero-order valence-electron chi connectivity index (χ0n) is 8.01. The number of rotatable bonds is 5. The largest absolute Gasteiger partial charge is 0.343 e. The van der Waals surface area contributed by atoms with Crippen molar-refractivity contribution < 1.29 is 8.78 Å². The summed E-state index contributed by atoms with van der Waals surface area (Å²) in [5, 5.41) is 3.05. The van der Waals surface area contributed by atoms with Gasteiger partial charge in [0.1, 0.15) is 5.69 Å². The summed E-state index contributed by atoms with van der Waals surface area (Å²) in [7, 11) is 0. The van der Waals surface area contributed by atoms with Gasteiger partial charge in [0.05, 0.1) is 0 Å². The molecule has 0 unspecified atom stereocenters. The zero-order valence-corrected chi connectivity index (χ0v) is 9.60. The van der Waals surface area contributed by atoms with Gasteiger partial charge in [-0.25, -0.2) is 0 Å². The summed E-state index contributed by atoms with van der Waals surface area (Å²) < 4.78 is 25.4. The molecule has 3 nitrogen and oxygen atoms in total. The van der Waals surface area contributed by atoms with Crippen molar-refractivity contribution in [3.8, 4) is 0 Å². The van der Waals surface area contributed by atoms with E-state index in [4.69, 9.17) is 5.73 Å². The number of alkyl halides is 3. The fraction of sp³-hybridized carbons (Fsp3) is 0.444. The van der Waals surface area contributed by atoms with E-state index in [0.29, 0.717) is 19.6 Å². The fourth-order valence-electron chi connectivity index (χ4n) is 1.03. The number of halogens is 3. The maximum absolute atomic E-state index is 12.7. The molecule has 1 heterocycles. The van der Waals surface area contributed by atoms with Crippen LogP contribution in [0.2, 0.25) is 0 Å². The molecule has 0 saturated carbocycles. The molecule has 0 fully saturated rings. The lowest BCUT2D eigenvalue weighted by molar-refractivity contribution is 0.109. The SMILES string of the molecule is NCCNCc1ccc(C(F)(F)Br)nc1. The Labute approximate surface area is 95.2 Å². The van der Waals surface area contributed by atoms with Crippen molar-refractivity contribution >= 4 is 15.9 Å². The average Bonchev–Trinajstić information content (AvgIpc) is 2.18. The first-order chi connectivity index (χ1) is 7.04. The molecule has 84 valence electrons. The molecule has 0 aliphatic rings. The summed E-state index contributed by atoms with van der Waals surface area (Å²) in [5.74, 6) is 0. The number of nitrogens with zero attached hydrogens (tertiary/aromatic N) is 1. The van der Waals surface area contributed by atoms with Gasteiger partial charge in [-0.3, -0.25) is 4.98 Å². The van der Waals surface area contributed by atoms with Crippen molar-refractivity contribution in [2.24, 2.45) is 5.73 Å². The molecule has 0 radical (unpaired) electrons. The summed E-state index contributed by atoms with van der Waals surface area (Å²) in [4.78, 5) is 0.601. The van der Waals surface area contributed by atoms with E-state index in [1.807, 2.05) is 0 Å². The highest BCUT2D eigenvalue weighted by molar-refractivity contribution is 9.09. The van der Waals surface area contributed by atoms with Crippen LogP contribution < -0.4 is 11.1 Å². The monoisotopic (exact) mass is 279 g/mol. The molecule has 0 aromatic carbocycles. The number of nitrogens with one attached hydrogen (secondary N) is 1. The standard InChI is InChI=1S/C9H12BrF2N3/c10-9(11,12)8-2-1-7(6-15-8)5-14-4-3-13/h1-2,6,14H,3-5,13H2. The molecule has 0 saturated heterocycles. The quantitative estimate of drug-likeness (QED) is 0.636. The van der Waals surface area contributed by atoms with E-state index in [-0.39, 0.29) is 5.69 Å². The third-order valence-corrected chi connectivity index (χ3v) is 2.17. The third kappa shape index (κ3) is 4.19. The van der Waals surface area contributed by atoms with Crippen LogP contribution in [0.5, 0.6) is 0 Å². The molecule has 0 amide bonds. The van der Waals surface area contributed by atoms with Crippen LogP contribution in [0.25, 0.3) is 0 Å². The summed E-state index contributed by atoms with van der Waals surface area (Å²) in [6.07, 6.45) is 1.42. The Morgan fingerprint density at radius 2 is 2.20 bits per heavy atom. The fourth-order valence-corrected chi connectivity index (χ4v) is 1.27. The molecule has 3 N–H and O–H groups in total. The molecule has 0 spiro atoms. The van der Waals surface area contributed by atoms with Gasteiger partial charge in [-0.1, -0.05) is 6.07 Å². The van der Waals surface area contributed by atoms with Gasteiger partial charge in [-0.2, -0.15) is 8.78 Å². The third-order valence-electron chi connectivity index (χ3n) is 1.77. The van der Waals surface area contributed by atoms with Crippen molar-refractivity contribution in [2.45, 2.75) is 11.4 Å². The van der Waals surface area contributed by atoms with Crippen molar-refractivity contribution in [3.05, 3.63) is 29.6 Å². The van der Waals surface area contributed by atoms with Crippen LogP contribution in [0.4, 0.5) is 8.78 Å². The zero-order chi connectivity index (χ0) is 11.3. The highest BCUT2D eigenvalue weighted by atomic mass is 79.9. The van der Waals surface area contributed by atoms with E-state index in [1.165, 1.54) is 12.3 Å². The van der Waals surface area contributed by atoms with Crippen LogP contribution >= 0.6 is 15.9 Å². The van der Waals surface area contributed by atoms with Gasteiger partial charge < -0.3 is 11.1 Å². The second-order valence-corrected chi connectivity index (χ2v) is 4.01. The highest BCUT2D eigenvalue weighted by Gasteiger charge is 2.28. The molecular weight excluding hydrogens is 268 g/mol. The molecule has 0 bridgehead atoms. The maximum Gasteiger partial charge on any atom is 0.343 e. The molecule has 0 aliphatic carbocycles. The topological polar surface area (TPSA) is 50.9 Å². The van der Waals surface area contributed by atoms with Crippen LogP contribution in [0.3, 0.4) is 0 Å². The van der Waals surface area contributed by atoms with Gasteiger partial charge in [0, 0.05) is 25.8 Å². The van der Waals surface area contributed by atoms with Crippen LogP contribution in [0.1, 0.15) is 11.3 Å². The number of aromatic nitrogens is 1. The maximum atomic E-state index is 12.7. The lowest BCUT2D eigenvalue weighted by atomic mass is 10.2. The second kappa shape index (κ2) is 5.48. The van der Waals surface area contributed by atoms with Gasteiger partial charge in [0.2, 0.25) is 0 Å². The minimum Gasteiger partial charge on any atom is -0.329 e. The minimum atomic E-state index is -3.06. The Morgan fingerprint density at radius 1 is 1.47 bits per heavy atom. The summed E-state index contributed by atoms with van der Waals surface area (Å²) in [6, 6.07) is 2.91. The first-order valence-corrected chi connectivity index (χ1v) is 5.26. The van der Waals surface area contributed by atoms with Crippen molar-refractivity contribution in [1.82, 2.24) is 10.3 Å². The van der Waals surface area contributed by atoms with Crippen molar-refractivity contribution in [2.75, 3.05) is 13.1 Å². The van der Waals surface area contributed by atoms with Crippen LogP contribution in [0, 0.1) is 0 Å². The molecule has 1 rings (SSSR count). The van der Waals surface area contributed by atoms with Gasteiger partial charge in [0.15, 0.2) is 0 Å². The van der Waals surface area contributed by atoms with E-state index in [1.54, 1.807) is 6.07 Å². The smallest absolute Gasteiger partial charge is 0.329 e. The lowest BCUT2D eigenvalue weighted by Crippen LogP contribution is -2.22.